The minimum Gasteiger partial charge on any atom is -0.301 e. The van der Waals surface area contributed by atoms with Gasteiger partial charge in [0.2, 0.25) is 0 Å². The molecule has 0 amide bonds. The fourth-order valence-electron chi connectivity index (χ4n) is 1.52. The van der Waals surface area contributed by atoms with Crippen LogP contribution in [0.5, 0.6) is 0 Å². The van der Waals surface area contributed by atoms with Crippen molar-refractivity contribution in [3.8, 4) is 0 Å². The molecule has 1 aromatic rings. The molecule has 0 aliphatic carbocycles. The predicted octanol–water partition coefficient (Wildman–Crippen LogP) is 2.77. The van der Waals surface area contributed by atoms with Gasteiger partial charge >= 0.3 is 5.00 Å². The molecule has 1 aromatic heterocycles. The van der Waals surface area contributed by atoms with E-state index in [2.05, 4.69) is 12.2 Å². The topological polar surface area (TPSA) is 55.2 Å². The van der Waals surface area contributed by atoms with Gasteiger partial charge in [-0.3, -0.25) is 10.1 Å². The molecule has 0 saturated carbocycles. The van der Waals surface area contributed by atoms with E-state index in [4.69, 9.17) is 0 Å². The second kappa shape index (κ2) is 4.51. The molecule has 2 heterocycles. The number of hydrogen-bond acceptors (Lipinski definition) is 5. The van der Waals surface area contributed by atoms with Gasteiger partial charge in [-0.15, -0.1) is 11.8 Å². The van der Waals surface area contributed by atoms with Crippen LogP contribution in [0.4, 0.5) is 5.00 Å². The van der Waals surface area contributed by atoms with E-state index in [0.29, 0.717) is 5.25 Å². The fraction of sp³-hybridized carbons (Fsp3) is 0.556. The minimum absolute atomic E-state index is 0.227. The van der Waals surface area contributed by atoms with Gasteiger partial charge in [0, 0.05) is 16.2 Å². The SMILES string of the molecule is CC1CCNC(c2ccc([N+](=O)[O-])s2)S1. The first-order valence-electron chi connectivity index (χ1n) is 4.80. The summed E-state index contributed by atoms with van der Waals surface area (Å²) in [5, 5.41) is 15.0. The van der Waals surface area contributed by atoms with Gasteiger partial charge in [0.05, 0.1) is 10.3 Å². The summed E-state index contributed by atoms with van der Waals surface area (Å²) in [7, 11) is 0. The van der Waals surface area contributed by atoms with Gasteiger partial charge < -0.3 is 5.32 Å². The van der Waals surface area contributed by atoms with Crippen molar-refractivity contribution in [2.24, 2.45) is 0 Å². The van der Waals surface area contributed by atoms with Crippen LogP contribution in [0.15, 0.2) is 12.1 Å². The summed E-state index contributed by atoms with van der Waals surface area (Å²) < 4.78 is 0. The predicted molar refractivity (Wildman–Crippen MR) is 63.4 cm³/mol. The molecule has 1 N–H and O–H groups in total. The molecular weight excluding hydrogens is 232 g/mol. The molecule has 1 saturated heterocycles. The number of thioether (sulfide) groups is 1. The van der Waals surface area contributed by atoms with Crippen molar-refractivity contribution in [3.05, 3.63) is 27.1 Å². The van der Waals surface area contributed by atoms with Crippen LogP contribution < -0.4 is 5.32 Å². The van der Waals surface area contributed by atoms with Crippen molar-refractivity contribution in [1.29, 1.82) is 0 Å². The normalized spacial score (nSPS) is 26.5. The molecular formula is C9H12N2O2S2. The van der Waals surface area contributed by atoms with Crippen molar-refractivity contribution >= 4 is 28.1 Å². The zero-order valence-corrected chi connectivity index (χ0v) is 9.94. The zero-order valence-electron chi connectivity index (χ0n) is 8.30. The molecule has 15 heavy (non-hydrogen) atoms. The number of hydrogen-bond donors (Lipinski definition) is 1. The lowest BCUT2D eigenvalue weighted by molar-refractivity contribution is -0.380. The summed E-state index contributed by atoms with van der Waals surface area (Å²) in [6.07, 6.45) is 1.16. The molecule has 0 aromatic carbocycles. The van der Waals surface area contributed by atoms with Crippen LogP contribution in [0.3, 0.4) is 0 Å². The van der Waals surface area contributed by atoms with Crippen molar-refractivity contribution in [2.75, 3.05) is 6.54 Å². The highest BCUT2D eigenvalue weighted by atomic mass is 32.2. The molecule has 2 atom stereocenters. The van der Waals surface area contributed by atoms with Crippen LogP contribution in [0.25, 0.3) is 0 Å². The Balaban J connectivity index is 2.11. The monoisotopic (exact) mass is 244 g/mol. The van der Waals surface area contributed by atoms with Crippen molar-refractivity contribution in [2.45, 2.75) is 24.0 Å². The number of nitrogens with one attached hydrogen (secondary N) is 1. The van der Waals surface area contributed by atoms with Crippen LogP contribution in [0, 0.1) is 10.1 Å². The molecule has 1 fully saturated rings. The first kappa shape index (κ1) is 10.9. The van der Waals surface area contributed by atoms with Gasteiger partial charge in [0.1, 0.15) is 0 Å². The Bertz CT molecular complexity index is 367. The lowest BCUT2D eigenvalue weighted by Gasteiger charge is -2.26. The summed E-state index contributed by atoms with van der Waals surface area (Å²) in [6.45, 7) is 3.19. The van der Waals surface area contributed by atoms with E-state index in [1.54, 1.807) is 6.07 Å². The molecule has 6 heteroatoms. The van der Waals surface area contributed by atoms with Crippen molar-refractivity contribution in [3.63, 3.8) is 0 Å². The lowest BCUT2D eigenvalue weighted by Crippen LogP contribution is -2.28. The standard InChI is InChI=1S/C9H12N2O2S2/c1-6-4-5-10-9(14-6)7-2-3-8(15-7)11(12)13/h2-3,6,9-10H,4-5H2,1H3. The molecule has 2 unspecified atom stereocenters. The van der Waals surface area contributed by atoms with E-state index in [1.165, 1.54) is 11.3 Å². The van der Waals surface area contributed by atoms with Crippen LogP contribution >= 0.6 is 23.1 Å². The highest BCUT2D eigenvalue weighted by Crippen LogP contribution is 2.39. The van der Waals surface area contributed by atoms with Crippen LogP contribution in [0.1, 0.15) is 23.6 Å². The summed E-state index contributed by atoms with van der Waals surface area (Å²) in [5.74, 6) is 0. The van der Waals surface area contributed by atoms with E-state index in [0.717, 1.165) is 17.8 Å². The van der Waals surface area contributed by atoms with Gasteiger partial charge in [0.15, 0.2) is 0 Å². The Labute approximate surface area is 96.2 Å². The van der Waals surface area contributed by atoms with Gasteiger partial charge in [-0.05, 0) is 19.0 Å². The molecule has 1 aliphatic rings. The summed E-state index contributed by atoms with van der Waals surface area (Å²) in [4.78, 5) is 11.3. The Morgan fingerprint density at radius 1 is 1.60 bits per heavy atom. The van der Waals surface area contributed by atoms with Crippen LogP contribution in [-0.4, -0.2) is 16.7 Å². The maximum atomic E-state index is 10.6. The second-order valence-electron chi connectivity index (χ2n) is 3.50. The van der Waals surface area contributed by atoms with E-state index < -0.39 is 0 Å². The van der Waals surface area contributed by atoms with Gasteiger partial charge in [0.25, 0.3) is 0 Å². The van der Waals surface area contributed by atoms with E-state index in [-0.39, 0.29) is 15.3 Å². The van der Waals surface area contributed by atoms with Gasteiger partial charge in [-0.25, -0.2) is 0 Å². The molecule has 0 bridgehead atoms. The van der Waals surface area contributed by atoms with Gasteiger partial charge in [-0.1, -0.05) is 18.3 Å². The quantitative estimate of drug-likeness (QED) is 0.642. The fourth-order valence-corrected chi connectivity index (χ4v) is 3.75. The molecule has 2 rings (SSSR count). The molecule has 1 aliphatic heterocycles. The smallest absolute Gasteiger partial charge is 0.301 e. The largest absolute Gasteiger partial charge is 0.324 e. The number of thiophene rings is 1. The second-order valence-corrected chi connectivity index (χ2v) is 6.14. The van der Waals surface area contributed by atoms with E-state index in [9.17, 15) is 10.1 Å². The summed E-state index contributed by atoms with van der Waals surface area (Å²) in [6, 6.07) is 3.44. The number of nitro groups is 1. The first-order valence-corrected chi connectivity index (χ1v) is 6.55. The maximum absolute atomic E-state index is 10.6. The Hall–Kier alpha value is -0.590. The Kier molecular flexibility index (Phi) is 3.28. The highest BCUT2D eigenvalue weighted by Gasteiger charge is 2.23. The molecule has 0 spiro atoms. The summed E-state index contributed by atoms with van der Waals surface area (Å²) in [5.41, 5.74) is 0. The average molecular weight is 244 g/mol. The third kappa shape index (κ3) is 2.50. The third-order valence-corrected chi connectivity index (χ3v) is 4.94. The molecule has 4 nitrogen and oxygen atoms in total. The highest BCUT2D eigenvalue weighted by molar-refractivity contribution is 8.00. The van der Waals surface area contributed by atoms with Crippen molar-refractivity contribution in [1.82, 2.24) is 5.32 Å². The van der Waals surface area contributed by atoms with E-state index in [1.807, 2.05) is 17.8 Å². The van der Waals surface area contributed by atoms with Crippen LogP contribution in [0.2, 0.25) is 0 Å². The zero-order chi connectivity index (χ0) is 10.8. The van der Waals surface area contributed by atoms with E-state index >= 15 is 0 Å². The van der Waals surface area contributed by atoms with Gasteiger partial charge in [-0.2, -0.15) is 0 Å². The number of rotatable bonds is 2. The minimum atomic E-state index is -0.328. The Morgan fingerprint density at radius 3 is 3.00 bits per heavy atom. The third-order valence-electron chi connectivity index (χ3n) is 2.30. The summed E-state index contributed by atoms with van der Waals surface area (Å²) >= 11 is 3.11. The average Bonchev–Trinajstić information content (AvgIpc) is 2.66. The number of nitrogens with zero attached hydrogens (tertiary/aromatic N) is 1. The maximum Gasteiger partial charge on any atom is 0.324 e. The molecule has 82 valence electrons. The first-order chi connectivity index (χ1) is 7.16. The van der Waals surface area contributed by atoms with Crippen molar-refractivity contribution < 1.29 is 4.92 Å². The lowest BCUT2D eigenvalue weighted by atomic mass is 10.3. The van der Waals surface area contributed by atoms with Crippen LogP contribution in [-0.2, 0) is 0 Å². The Morgan fingerprint density at radius 2 is 2.40 bits per heavy atom. The molecule has 0 radical (unpaired) electrons.